The fourth-order valence-electron chi connectivity index (χ4n) is 2.50. The van der Waals surface area contributed by atoms with Gasteiger partial charge in [-0.15, -0.1) is 0 Å². The van der Waals surface area contributed by atoms with Crippen LogP contribution in [0.25, 0.3) is 0 Å². The van der Waals surface area contributed by atoms with Gasteiger partial charge in [0, 0.05) is 18.9 Å². The van der Waals surface area contributed by atoms with Crippen molar-refractivity contribution in [1.82, 2.24) is 4.90 Å². The van der Waals surface area contributed by atoms with Crippen LogP contribution >= 0.6 is 0 Å². The zero-order chi connectivity index (χ0) is 18.4. The molecule has 2 rings (SSSR count). The second kappa shape index (κ2) is 8.10. The van der Waals surface area contributed by atoms with Crippen molar-refractivity contribution in [2.24, 2.45) is 0 Å². The molecule has 0 aliphatic carbocycles. The average molecular weight is 341 g/mol. The first-order chi connectivity index (χ1) is 11.9. The fraction of sp³-hybridized carbons (Fsp3) is 0.211. The molecule has 130 valence electrons. The van der Waals surface area contributed by atoms with Crippen LogP contribution in [0.5, 0.6) is 5.75 Å². The van der Waals surface area contributed by atoms with E-state index in [4.69, 9.17) is 4.74 Å². The van der Waals surface area contributed by atoms with Gasteiger partial charge in [-0.3, -0.25) is 14.5 Å². The summed E-state index contributed by atoms with van der Waals surface area (Å²) in [4.78, 5) is 37.2. The number of carboxylic acid groups (broad SMARTS) is 1. The minimum absolute atomic E-state index is 0.0114. The van der Waals surface area contributed by atoms with Crippen molar-refractivity contribution >= 4 is 17.8 Å². The maximum absolute atomic E-state index is 12.6. The second-order valence-corrected chi connectivity index (χ2v) is 5.47. The van der Waals surface area contributed by atoms with Crippen LogP contribution in [0, 0.1) is 0 Å². The number of carbonyl (C=O) groups excluding carboxylic acids is 2. The van der Waals surface area contributed by atoms with E-state index in [2.05, 4.69) is 0 Å². The molecular weight excluding hydrogens is 322 g/mol. The quantitative estimate of drug-likeness (QED) is 0.872. The largest absolute Gasteiger partial charge is 0.497 e. The monoisotopic (exact) mass is 341 g/mol. The van der Waals surface area contributed by atoms with E-state index in [0.717, 1.165) is 4.90 Å². The minimum atomic E-state index is -1.29. The van der Waals surface area contributed by atoms with E-state index in [1.807, 2.05) is 0 Å². The van der Waals surface area contributed by atoms with Crippen molar-refractivity contribution in [2.75, 3.05) is 7.11 Å². The smallest absolute Gasteiger partial charge is 0.327 e. The van der Waals surface area contributed by atoms with Crippen LogP contribution in [0.3, 0.4) is 0 Å². The van der Waals surface area contributed by atoms with Crippen LogP contribution in [-0.4, -0.2) is 40.9 Å². The zero-order valence-electron chi connectivity index (χ0n) is 14.0. The Morgan fingerprint density at radius 2 is 1.64 bits per heavy atom. The molecule has 1 atom stereocenters. The molecule has 0 spiro atoms. The first-order valence-electron chi connectivity index (χ1n) is 7.69. The van der Waals surface area contributed by atoms with E-state index >= 15 is 0 Å². The molecule has 0 bridgehead atoms. The Balaban J connectivity index is 2.32. The molecule has 1 N–H and O–H groups in total. The molecule has 6 heteroatoms. The van der Waals surface area contributed by atoms with E-state index < -0.39 is 23.8 Å². The highest BCUT2D eigenvalue weighted by atomic mass is 16.5. The summed E-state index contributed by atoms with van der Waals surface area (Å²) in [6.07, 6.45) is 0.0114. The van der Waals surface area contributed by atoms with Gasteiger partial charge in [0.05, 0.1) is 7.11 Å². The van der Waals surface area contributed by atoms with Gasteiger partial charge in [-0.1, -0.05) is 30.3 Å². The second-order valence-electron chi connectivity index (χ2n) is 5.47. The van der Waals surface area contributed by atoms with E-state index in [1.165, 1.54) is 14.0 Å². The molecule has 1 unspecified atom stereocenters. The van der Waals surface area contributed by atoms with Crippen molar-refractivity contribution < 1.29 is 24.2 Å². The summed E-state index contributed by atoms with van der Waals surface area (Å²) in [7, 11) is 1.53. The van der Waals surface area contributed by atoms with Gasteiger partial charge < -0.3 is 9.84 Å². The molecule has 2 aromatic carbocycles. The number of ether oxygens (including phenoxy) is 1. The van der Waals surface area contributed by atoms with E-state index in [1.54, 1.807) is 54.6 Å². The summed E-state index contributed by atoms with van der Waals surface area (Å²) in [5, 5.41) is 9.58. The minimum Gasteiger partial charge on any atom is -0.497 e. The Bertz CT molecular complexity index is 755. The van der Waals surface area contributed by atoms with E-state index in [0.29, 0.717) is 11.3 Å². The van der Waals surface area contributed by atoms with Crippen LogP contribution in [0.2, 0.25) is 0 Å². The molecule has 6 nitrogen and oxygen atoms in total. The maximum Gasteiger partial charge on any atom is 0.327 e. The predicted octanol–water partition coefficient (Wildman–Crippen LogP) is 2.38. The lowest BCUT2D eigenvalue weighted by atomic mass is 10.0. The molecule has 0 radical (unpaired) electrons. The Labute approximate surface area is 145 Å². The number of benzene rings is 2. The van der Waals surface area contributed by atoms with Crippen LogP contribution in [-0.2, 0) is 16.0 Å². The third kappa shape index (κ3) is 4.44. The van der Waals surface area contributed by atoms with Crippen LogP contribution in [0.4, 0.5) is 0 Å². The molecule has 0 aliphatic rings. The van der Waals surface area contributed by atoms with Gasteiger partial charge in [-0.25, -0.2) is 4.79 Å². The van der Waals surface area contributed by atoms with Gasteiger partial charge in [0.15, 0.2) is 0 Å². The normalized spacial score (nSPS) is 11.4. The van der Waals surface area contributed by atoms with Crippen LogP contribution in [0.1, 0.15) is 22.8 Å². The molecule has 25 heavy (non-hydrogen) atoms. The third-order valence-electron chi connectivity index (χ3n) is 3.76. The van der Waals surface area contributed by atoms with Crippen molar-refractivity contribution in [3.05, 3.63) is 65.7 Å². The summed E-state index contributed by atoms with van der Waals surface area (Å²) in [5.41, 5.74) is 0.944. The molecule has 0 fully saturated rings. The number of nitrogens with zero attached hydrogens (tertiary/aromatic N) is 1. The highest BCUT2D eigenvalue weighted by Gasteiger charge is 2.33. The molecule has 2 aromatic rings. The molecule has 2 amide bonds. The predicted molar refractivity (Wildman–Crippen MR) is 91.4 cm³/mol. The standard InChI is InChI=1S/C19H19NO5/c1-13(21)20(18(22)15-6-4-3-5-7-15)17(19(23)24)12-14-8-10-16(25-2)11-9-14/h3-11,17H,12H2,1-2H3,(H,23,24). The highest BCUT2D eigenvalue weighted by molar-refractivity contribution is 6.06. The molecule has 0 heterocycles. The van der Waals surface area contributed by atoms with E-state index in [-0.39, 0.29) is 12.0 Å². The summed E-state index contributed by atoms with van der Waals surface area (Å²) < 4.78 is 5.07. The lowest BCUT2D eigenvalue weighted by Crippen LogP contribution is -2.49. The van der Waals surface area contributed by atoms with Crippen molar-refractivity contribution in [2.45, 2.75) is 19.4 Å². The third-order valence-corrected chi connectivity index (χ3v) is 3.76. The van der Waals surface area contributed by atoms with Crippen LogP contribution < -0.4 is 4.74 Å². The lowest BCUT2D eigenvalue weighted by molar-refractivity contribution is -0.147. The number of carbonyl (C=O) groups is 3. The van der Waals surface area contributed by atoms with Gasteiger partial charge in [0.1, 0.15) is 11.8 Å². The van der Waals surface area contributed by atoms with Crippen molar-refractivity contribution in [1.29, 1.82) is 0 Å². The Hall–Kier alpha value is -3.15. The van der Waals surface area contributed by atoms with Crippen molar-refractivity contribution in [3.8, 4) is 5.75 Å². The Kier molecular flexibility index (Phi) is 5.89. The Morgan fingerprint density at radius 1 is 1.04 bits per heavy atom. The zero-order valence-corrected chi connectivity index (χ0v) is 14.0. The van der Waals surface area contributed by atoms with Crippen molar-refractivity contribution in [3.63, 3.8) is 0 Å². The first-order valence-corrected chi connectivity index (χ1v) is 7.69. The Morgan fingerprint density at radius 3 is 2.12 bits per heavy atom. The summed E-state index contributed by atoms with van der Waals surface area (Å²) in [5.74, 6) is -1.85. The van der Waals surface area contributed by atoms with Gasteiger partial charge in [-0.05, 0) is 29.8 Å². The van der Waals surface area contributed by atoms with E-state index in [9.17, 15) is 19.5 Å². The summed E-state index contributed by atoms with van der Waals surface area (Å²) >= 11 is 0. The number of rotatable bonds is 6. The molecule has 0 aromatic heterocycles. The highest BCUT2D eigenvalue weighted by Crippen LogP contribution is 2.17. The number of hydrogen-bond acceptors (Lipinski definition) is 4. The van der Waals surface area contributed by atoms with Gasteiger partial charge in [0.2, 0.25) is 5.91 Å². The van der Waals surface area contributed by atoms with Gasteiger partial charge in [0.25, 0.3) is 5.91 Å². The number of amides is 2. The molecular formula is C19H19NO5. The lowest BCUT2D eigenvalue weighted by Gasteiger charge is -2.26. The van der Waals surface area contributed by atoms with Gasteiger partial charge >= 0.3 is 5.97 Å². The maximum atomic E-state index is 12.6. The number of hydrogen-bond donors (Lipinski definition) is 1. The van der Waals surface area contributed by atoms with Gasteiger partial charge in [-0.2, -0.15) is 0 Å². The summed E-state index contributed by atoms with van der Waals surface area (Å²) in [6.45, 7) is 1.19. The SMILES string of the molecule is COc1ccc(CC(C(=O)O)N(C(C)=O)C(=O)c2ccccc2)cc1. The summed E-state index contributed by atoms with van der Waals surface area (Å²) in [6, 6.07) is 13.7. The number of methoxy groups -OCH3 is 1. The fourth-order valence-corrected chi connectivity index (χ4v) is 2.50. The number of imide groups is 1. The van der Waals surface area contributed by atoms with Crippen LogP contribution in [0.15, 0.2) is 54.6 Å². The topological polar surface area (TPSA) is 83.9 Å². The molecule has 0 saturated heterocycles. The molecule has 0 saturated carbocycles. The average Bonchev–Trinajstić information content (AvgIpc) is 2.62. The number of carboxylic acids is 1. The number of aliphatic carboxylic acids is 1. The molecule has 0 aliphatic heterocycles. The first kappa shape index (κ1) is 18.2.